The van der Waals surface area contributed by atoms with E-state index in [4.69, 9.17) is 0 Å². The third-order valence-electron chi connectivity index (χ3n) is 3.25. The van der Waals surface area contributed by atoms with Gasteiger partial charge in [-0.2, -0.15) is 0 Å². The van der Waals surface area contributed by atoms with Gasteiger partial charge in [-0.15, -0.1) is 0 Å². The normalized spacial score (nSPS) is 21.2. The maximum Gasteiger partial charge on any atom is 0 e. The second-order valence-electron chi connectivity index (χ2n) is 4.60. The van der Waals surface area contributed by atoms with Gasteiger partial charge in [0.15, 0.2) is 0 Å². The van der Waals surface area contributed by atoms with E-state index in [1.165, 1.54) is 83.5 Å². The standard InChI is InChI=1S/C7H14.C6H12.C2H6.2H2/c1-2-4-6-7-5-3-1;1-2-4-6-5-3-1;1-2;;/h1-7H2;1-6H2;1-2H3;2*1H. The summed E-state index contributed by atoms with van der Waals surface area (Å²) in [6.45, 7) is 4.00. The van der Waals surface area contributed by atoms with Crippen molar-refractivity contribution in [2.45, 2.75) is 97.3 Å². The van der Waals surface area contributed by atoms with Gasteiger partial charge < -0.3 is 0 Å². The Morgan fingerprint density at radius 3 is 0.467 bits per heavy atom. The summed E-state index contributed by atoms with van der Waals surface area (Å²) in [6, 6.07) is 0. The molecule has 2 aliphatic carbocycles. The highest BCUT2D eigenvalue weighted by Gasteiger charge is 1.96. The Kier molecular flexibility index (Phi) is 14.0. The van der Waals surface area contributed by atoms with E-state index in [0.29, 0.717) is 0 Å². The third kappa shape index (κ3) is 11.9. The molecule has 2 fully saturated rings. The maximum absolute atomic E-state index is 2.00. The Labute approximate surface area is 101 Å². The molecule has 0 nitrogen and oxygen atoms in total. The summed E-state index contributed by atoms with van der Waals surface area (Å²) >= 11 is 0. The Morgan fingerprint density at radius 1 is 0.333 bits per heavy atom. The van der Waals surface area contributed by atoms with E-state index >= 15 is 0 Å². The van der Waals surface area contributed by atoms with Gasteiger partial charge in [-0.25, -0.2) is 0 Å². The largest absolute Gasteiger partial charge is 0.0683 e. The molecule has 0 saturated heterocycles. The first-order valence-electron chi connectivity index (χ1n) is 7.50. The van der Waals surface area contributed by atoms with Gasteiger partial charge in [-0.05, 0) is 0 Å². The van der Waals surface area contributed by atoms with Crippen LogP contribution in [0.3, 0.4) is 0 Å². The topological polar surface area (TPSA) is 0 Å². The summed E-state index contributed by atoms with van der Waals surface area (Å²) in [6.07, 6.45) is 19.5. The average Bonchev–Trinajstić information content (AvgIpc) is 2.67. The molecule has 96 valence electrons. The molecular weight excluding hydrogens is 180 g/mol. The third-order valence-corrected chi connectivity index (χ3v) is 3.25. The Morgan fingerprint density at radius 2 is 0.400 bits per heavy atom. The Bertz CT molecular complexity index is 69.9. The van der Waals surface area contributed by atoms with Crippen molar-refractivity contribution in [1.82, 2.24) is 0 Å². The summed E-state index contributed by atoms with van der Waals surface area (Å²) in [5.41, 5.74) is 0. The predicted molar refractivity (Wildman–Crippen MR) is 75.6 cm³/mol. The lowest BCUT2D eigenvalue weighted by Crippen LogP contribution is -1.85. The minimum absolute atomic E-state index is 0. The molecule has 0 amide bonds. The number of rotatable bonds is 0. The molecule has 0 aromatic carbocycles. The highest BCUT2D eigenvalue weighted by molar-refractivity contribution is 4.51. The molecule has 0 radical (unpaired) electrons. The van der Waals surface area contributed by atoms with Gasteiger partial charge in [0, 0.05) is 2.85 Å². The summed E-state index contributed by atoms with van der Waals surface area (Å²) in [4.78, 5) is 0. The van der Waals surface area contributed by atoms with Crippen LogP contribution in [0.4, 0.5) is 0 Å². The van der Waals surface area contributed by atoms with Crippen molar-refractivity contribution >= 4 is 0 Å². The van der Waals surface area contributed by atoms with Crippen molar-refractivity contribution in [2.75, 3.05) is 0 Å². The van der Waals surface area contributed by atoms with E-state index in [-0.39, 0.29) is 2.85 Å². The van der Waals surface area contributed by atoms with Crippen molar-refractivity contribution in [3.8, 4) is 0 Å². The van der Waals surface area contributed by atoms with Crippen molar-refractivity contribution in [1.29, 1.82) is 0 Å². The SMILES string of the molecule is C1CCCCC1.C1CCCCCC1.CC.[HH].[HH]. The van der Waals surface area contributed by atoms with Crippen LogP contribution >= 0.6 is 0 Å². The van der Waals surface area contributed by atoms with Gasteiger partial charge in [0.1, 0.15) is 0 Å². The quantitative estimate of drug-likeness (QED) is 0.401. The minimum atomic E-state index is 0. The molecule has 0 unspecified atom stereocenters. The molecule has 0 bridgehead atoms. The average molecular weight is 216 g/mol. The molecule has 0 spiro atoms. The van der Waals surface area contributed by atoms with E-state index in [2.05, 4.69) is 0 Å². The zero-order valence-corrected chi connectivity index (χ0v) is 11.2. The van der Waals surface area contributed by atoms with E-state index in [0.717, 1.165) is 0 Å². The lowest BCUT2D eigenvalue weighted by Gasteiger charge is -2.05. The second-order valence-corrected chi connectivity index (χ2v) is 4.60. The molecule has 0 N–H and O–H groups in total. The fourth-order valence-electron chi connectivity index (χ4n) is 2.30. The zero-order chi connectivity index (χ0) is 11.2. The van der Waals surface area contributed by atoms with Gasteiger partial charge >= 0.3 is 0 Å². The fourth-order valence-corrected chi connectivity index (χ4v) is 2.30. The molecule has 0 aromatic heterocycles. The Hall–Kier alpha value is 0. The first-order chi connectivity index (χ1) is 7.50. The summed E-state index contributed by atoms with van der Waals surface area (Å²) < 4.78 is 0. The molecule has 0 atom stereocenters. The molecular formula is C15H36. The van der Waals surface area contributed by atoms with Crippen LogP contribution in [0.1, 0.15) is 100 Å². The molecule has 2 saturated carbocycles. The van der Waals surface area contributed by atoms with Crippen LogP contribution in [0, 0.1) is 0 Å². The highest BCUT2D eigenvalue weighted by Crippen LogP contribution is 2.15. The van der Waals surface area contributed by atoms with Gasteiger partial charge in [0.2, 0.25) is 0 Å². The predicted octanol–water partition coefficient (Wildman–Crippen LogP) is 6.59. The first-order valence-corrected chi connectivity index (χ1v) is 7.50. The van der Waals surface area contributed by atoms with Gasteiger partial charge in [-0.3, -0.25) is 0 Å². The molecule has 0 aromatic rings. The monoisotopic (exact) mass is 216 g/mol. The summed E-state index contributed by atoms with van der Waals surface area (Å²) in [5.74, 6) is 0. The molecule has 2 aliphatic rings. The van der Waals surface area contributed by atoms with E-state index in [1.54, 1.807) is 0 Å². The lowest BCUT2D eigenvalue weighted by atomic mass is 10.0. The fraction of sp³-hybridized carbons (Fsp3) is 1.00. The molecule has 0 heteroatoms. The van der Waals surface area contributed by atoms with Crippen molar-refractivity contribution in [2.24, 2.45) is 0 Å². The molecule has 2 rings (SSSR count). The smallest absolute Gasteiger partial charge is 0 e. The van der Waals surface area contributed by atoms with Gasteiger partial charge in [0.25, 0.3) is 0 Å². The molecule has 0 heterocycles. The van der Waals surface area contributed by atoms with Crippen molar-refractivity contribution in [3.05, 3.63) is 0 Å². The van der Waals surface area contributed by atoms with Crippen LogP contribution in [0.5, 0.6) is 0 Å². The minimum Gasteiger partial charge on any atom is -0.0683 e. The van der Waals surface area contributed by atoms with Crippen LogP contribution in [0.2, 0.25) is 0 Å². The number of hydrogen-bond acceptors (Lipinski definition) is 0. The summed E-state index contributed by atoms with van der Waals surface area (Å²) in [7, 11) is 0. The Balaban J connectivity index is -0.000000184. The first kappa shape index (κ1) is 15.0. The second kappa shape index (κ2) is 14.0. The van der Waals surface area contributed by atoms with E-state index in [1.807, 2.05) is 13.8 Å². The maximum atomic E-state index is 2.00. The van der Waals surface area contributed by atoms with Crippen molar-refractivity contribution < 1.29 is 2.85 Å². The number of hydrogen-bond donors (Lipinski definition) is 0. The van der Waals surface area contributed by atoms with E-state index < -0.39 is 0 Å². The molecule has 0 aliphatic heterocycles. The van der Waals surface area contributed by atoms with Crippen LogP contribution in [0.15, 0.2) is 0 Å². The van der Waals surface area contributed by atoms with Crippen LogP contribution in [-0.4, -0.2) is 0 Å². The summed E-state index contributed by atoms with van der Waals surface area (Å²) in [5, 5.41) is 0. The zero-order valence-electron chi connectivity index (χ0n) is 11.2. The highest BCUT2D eigenvalue weighted by atomic mass is 14.0. The van der Waals surface area contributed by atoms with Crippen molar-refractivity contribution in [3.63, 3.8) is 0 Å². The van der Waals surface area contributed by atoms with Crippen LogP contribution < -0.4 is 0 Å². The van der Waals surface area contributed by atoms with Gasteiger partial charge in [0.05, 0.1) is 0 Å². The van der Waals surface area contributed by atoms with Crippen LogP contribution in [0.25, 0.3) is 0 Å². The van der Waals surface area contributed by atoms with Gasteiger partial charge in [-0.1, -0.05) is 97.3 Å². The van der Waals surface area contributed by atoms with Crippen LogP contribution in [-0.2, 0) is 0 Å². The van der Waals surface area contributed by atoms with E-state index in [9.17, 15) is 0 Å². The molecule has 15 heavy (non-hydrogen) atoms. The lowest BCUT2D eigenvalue weighted by molar-refractivity contribution is 0.504.